The third-order valence-corrected chi connectivity index (χ3v) is 8.23. The Bertz CT molecular complexity index is 879. The Labute approximate surface area is 168 Å². The Kier molecular flexibility index (Phi) is 4.97. The second kappa shape index (κ2) is 6.97. The molecule has 4 bridgehead atoms. The van der Waals surface area contributed by atoms with Crippen LogP contribution in [0.4, 0.5) is 13.2 Å². The van der Waals surface area contributed by atoms with Crippen molar-refractivity contribution in [1.82, 2.24) is 10.0 Å². The highest BCUT2D eigenvalue weighted by atomic mass is 32.2. The van der Waals surface area contributed by atoms with Crippen LogP contribution in [0.2, 0.25) is 0 Å². The number of hydrogen-bond donors (Lipinski definition) is 2. The van der Waals surface area contributed by atoms with Gasteiger partial charge in [-0.2, -0.15) is 17.9 Å². The average Bonchev–Trinajstić information content (AvgIpc) is 2.59. The summed E-state index contributed by atoms with van der Waals surface area (Å²) in [5.41, 5.74) is -1.55. The van der Waals surface area contributed by atoms with E-state index in [1.54, 1.807) is 0 Å². The summed E-state index contributed by atoms with van der Waals surface area (Å²) in [7, 11) is -4.52. The lowest BCUT2D eigenvalue weighted by Gasteiger charge is -2.57. The highest BCUT2D eigenvalue weighted by Gasteiger charge is 2.51. The highest BCUT2D eigenvalue weighted by Crippen LogP contribution is 2.55. The molecular weight excluding hydrogens is 405 g/mol. The third-order valence-electron chi connectivity index (χ3n) is 6.63. The van der Waals surface area contributed by atoms with Crippen molar-refractivity contribution in [2.24, 2.45) is 17.8 Å². The first-order valence-corrected chi connectivity index (χ1v) is 11.5. The van der Waals surface area contributed by atoms with Crippen molar-refractivity contribution in [3.63, 3.8) is 0 Å². The van der Waals surface area contributed by atoms with Crippen LogP contribution in [-0.4, -0.2) is 25.9 Å². The van der Waals surface area contributed by atoms with Crippen LogP contribution in [0.1, 0.15) is 51.0 Å². The topological polar surface area (TPSA) is 75.3 Å². The van der Waals surface area contributed by atoms with Gasteiger partial charge in [-0.15, -0.1) is 0 Å². The van der Waals surface area contributed by atoms with Gasteiger partial charge in [-0.1, -0.05) is 12.1 Å². The van der Waals surface area contributed by atoms with Crippen LogP contribution >= 0.6 is 0 Å². The van der Waals surface area contributed by atoms with Crippen LogP contribution in [0.25, 0.3) is 0 Å². The number of carbonyl (C=O) groups is 1. The maximum atomic E-state index is 13.2. The maximum Gasteiger partial charge on any atom is 0.417 e. The lowest BCUT2D eigenvalue weighted by atomic mass is 9.53. The standard InChI is InChI=1S/C20H25F3N2O3S/c1-12(25-29(27,28)17-5-3-2-4-16(17)20(21,22)23)18(26)24-19-9-13-6-14(10-19)8-15(7-13)11-19/h2-5,12-15,25H,6-11H2,1H3,(H,24,26). The molecule has 0 radical (unpaired) electrons. The van der Waals surface area contributed by atoms with Crippen LogP contribution in [0.5, 0.6) is 0 Å². The number of alkyl halides is 3. The lowest BCUT2D eigenvalue weighted by Crippen LogP contribution is -2.62. The summed E-state index contributed by atoms with van der Waals surface area (Å²) in [6, 6.07) is 2.80. The van der Waals surface area contributed by atoms with E-state index < -0.39 is 38.6 Å². The molecule has 0 saturated heterocycles. The molecule has 5 rings (SSSR count). The molecule has 1 unspecified atom stereocenters. The van der Waals surface area contributed by atoms with Crippen molar-refractivity contribution in [3.05, 3.63) is 29.8 Å². The summed E-state index contributed by atoms with van der Waals surface area (Å²) in [4.78, 5) is 11.9. The SMILES string of the molecule is CC(NS(=O)(=O)c1ccccc1C(F)(F)F)C(=O)NC12CC3CC(CC(C3)C1)C2. The van der Waals surface area contributed by atoms with Gasteiger partial charge in [0.05, 0.1) is 16.5 Å². The molecule has 1 aromatic carbocycles. The van der Waals surface area contributed by atoms with Gasteiger partial charge >= 0.3 is 6.18 Å². The molecule has 1 amide bonds. The minimum Gasteiger partial charge on any atom is -0.349 e. The normalized spacial score (nSPS) is 32.2. The van der Waals surface area contributed by atoms with Crippen LogP contribution in [0.3, 0.4) is 0 Å². The van der Waals surface area contributed by atoms with Crippen molar-refractivity contribution in [3.8, 4) is 0 Å². The molecule has 4 aliphatic rings. The van der Waals surface area contributed by atoms with E-state index in [9.17, 15) is 26.4 Å². The van der Waals surface area contributed by atoms with Crippen molar-refractivity contribution in [2.45, 2.75) is 68.1 Å². The van der Waals surface area contributed by atoms with Gasteiger partial charge in [0.15, 0.2) is 0 Å². The number of benzene rings is 1. The second-order valence-corrected chi connectivity index (χ2v) is 10.7. The van der Waals surface area contributed by atoms with E-state index in [-0.39, 0.29) is 5.54 Å². The molecule has 1 atom stereocenters. The summed E-state index contributed by atoms with van der Waals surface area (Å²) in [6.45, 7) is 1.36. The molecule has 0 heterocycles. The smallest absolute Gasteiger partial charge is 0.349 e. The Morgan fingerprint density at radius 3 is 2.10 bits per heavy atom. The molecule has 0 aromatic heterocycles. The number of nitrogens with one attached hydrogen (secondary N) is 2. The summed E-state index contributed by atoms with van der Waals surface area (Å²) in [5, 5.41) is 3.06. The number of halogens is 3. The van der Waals surface area contributed by atoms with Crippen molar-refractivity contribution < 1.29 is 26.4 Å². The van der Waals surface area contributed by atoms with E-state index in [0.29, 0.717) is 17.8 Å². The predicted octanol–water partition coefficient (Wildman–Crippen LogP) is 3.46. The van der Waals surface area contributed by atoms with Crippen molar-refractivity contribution >= 4 is 15.9 Å². The largest absolute Gasteiger partial charge is 0.417 e. The number of hydrogen-bond acceptors (Lipinski definition) is 3. The molecule has 160 valence electrons. The first kappa shape index (κ1) is 20.7. The maximum absolute atomic E-state index is 13.2. The Hall–Kier alpha value is -1.61. The molecule has 0 spiro atoms. The monoisotopic (exact) mass is 430 g/mol. The predicted molar refractivity (Wildman–Crippen MR) is 100 cm³/mol. The molecular formula is C20H25F3N2O3S. The number of rotatable bonds is 5. The lowest BCUT2D eigenvalue weighted by molar-refractivity contribution is -0.139. The van der Waals surface area contributed by atoms with Gasteiger partial charge in [0.25, 0.3) is 0 Å². The van der Waals surface area contributed by atoms with Gasteiger partial charge in [-0.3, -0.25) is 4.79 Å². The third kappa shape index (κ3) is 4.03. The van der Waals surface area contributed by atoms with Crippen LogP contribution in [-0.2, 0) is 21.0 Å². The fourth-order valence-corrected chi connectivity index (χ4v) is 7.35. The van der Waals surface area contributed by atoms with E-state index in [1.165, 1.54) is 32.3 Å². The summed E-state index contributed by atoms with van der Waals surface area (Å²) in [6.07, 6.45) is 1.50. The van der Waals surface area contributed by atoms with E-state index in [2.05, 4.69) is 10.0 Å². The fraction of sp³-hybridized carbons (Fsp3) is 0.650. The number of carbonyl (C=O) groups excluding carboxylic acids is 1. The first-order valence-electron chi connectivity index (χ1n) is 9.98. The molecule has 9 heteroatoms. The Morgan fingerprint density at radius 2 is 1.59 bits per heavy atom. The fourth-order valence-electron chi connectivity index (χ4n) is 5.92. The Morgan fingerprint density at radius 1 is 1.07 bits per heavy atom. The zero-order valence-corrected chi connectivity index (χ0v) is 16.9. The first-order chi connectivity index (χ1) is 13.5. The summed E-state index contributed by atoms with van der Waals surface area (Å²) < 4.78 is 66.9. The van der Waals surface area contributed by atoms with Gasteiger partial charge < -0.3 is 5.32 Å². The van der Waals surface area contributed by atoms with Crippen LogP contribution in [0.15, 0.2) is 29.2 Å². The van der Waals surface area contributed by atoms with E-state index in [4.69, 9.17) is 0 Å². The van der Waals surface area contributed by atoms with Gasteiger partial charge in [0.2, 0.25) is 15.9 Å². The quantitative estimate of drug-likeness (QED) is 0.751. The molecule has 4 fully saturated rings. The van der Waals surface area contributed by atoms with E-state index in [0.717, 1.165) is 37.5 Å². The molecule has 1 aromatic rings. The highest BCUT2D eigenvalue weighted by molar-refractivity contribution is 7.89. The van der Waals surface area contributed by atoms with Crippen LogP contribution in [0, 0.1) is 17.8 Å². The van der Waals surface area contributed by atoms with Gasteiger partial charge in [0.1, 0.15) is 0 Å². The molecule has 4 aliphatic carbocycles. The van der Waals surface area contributed by atoms with Crippen molar-refractivity contribution in [1.29, 1.82) is 0 Å². The number of amides is 1. The van der Waals surface area contributed by atoms with E-state index >= 15 is 0 Å². The minimum atomic E-state index is -4.81. The zero-order valence-electron chi connectivity index (χ0n) is 16.1. The Balaban J connectivity index is 1.48. The van der Waals surface area contributed by atoms with E-state index in [1.807, 2.05) is 0 Å². The van der Waals surface area contributed by atoms with Crippen molar-refractivity contribution in [2.75, 3.05) is 0 Å². The molecule has 2 N–H and O–H groups in total. The summed E-state index contributed by atoms with van der Waals surface area (Å²) in [5.74, 6) is 1.33. The van der Waals surface area contributed by atoms with Gasteiger partial charge in [-0.25, -0.2) is 8.42 Å². The molecule has 5 nitrogen and oxygen atoms in total. The zero-order chi connectivity index (χ0) is 21.0. The van der Waals surface area contributed by atoms with Gasteiger partial charge in [-0.05, 0) is 75.3 Å². The molecule has 4 saturated carbocycles. The van der Waals surface area contributed by atoms with Gasteiger partial charge in [0, 0.05) is 5.54 Å². The number of sulfonamides is 1. The second-order valence-electron chi connectivity index (χ2n) is 9.02. The summed E-state index contributed by atoms with van der Waals surface area (Å²) >= 11 is 0. The molecule has 0 aliphatic heterocycles. The average molecular weight is 430 g/mol. The minimum absolute atomic E-state index is 0.296. The van der Waals surface area contributed by atoms with Crippen LogP contribution < -0.4 is 10.0 Å². The molecule has 29 heavy (non-hydrogen) atoms.